The first-order valence-corrected chi connectivity index (χ1v) is 6.43. The summed E-state index contributed by atoms with van der Waals surface area (Å²) in [5.74, 6) is 0.116. The number of nitrogens with one attached hydrogen (secondary N) is 1. The molecule has 108 valence electrons. The van der Waals surface area contributed by atoms with E-state index < -0.39 is 6.61 Å². The molecule has 0 heterocycles. The quantitative estimate of drug-likeness (QED) is 0.889. The fraction of sp³-hybridized carbons (Fsp3) is 0.133. The largest absolute Gasteiger partial charge is 0.435 e. The van der Waals surface area contributed by atoms with Crippen LogP contribution in [-0.2, 0) is 6.54 Å². The molecule has 0 spiro atoms. The molecule has 0 aliphatic rings. The van der Waals surface area contributed by atoms with E-state index in [1.165, 1.54) is 12.1 Å². The Morgan fingerprint density at radius 3 is 2.48 bits per heavy atom. The number of rotatable bonds is 5. The van der Waals surface area contributed by atoms with Crippen molar-refractivity contribution in [1.29, 1.82) is 5.26 Å². The van der Waals surface area contributed by atoms with E-state index in [-0.39, 0.29) is 5.75 Å². The Kier molecular flexibility index (Phi) is 4.96. The van der Waals surface area contributed by atoms with Crippen molar-refractivity contribution in [3.8, 4) is 11.8 Å². The van der Waals surface area contributed by atoms with E-state index in [0.717, 1.165) is 5.56 Å². The van der Waals surface area contributed by atoms with Gasteiger partial charge in [-0.3, -0.25) is 0 Å². The van der Waals surface area contributed by atoms with E-state index in [2.05, 4.69) is 10.1 Å². The molecule has 2 aromatic rings. The number of hydrogen-bond acceptors (Lipinski definition) is 3. The lowest BCUT2D eigenvalue weighted by molar-refractivity contribution is -0.0498. The van der Waals surface area contributed by atoms with Crippen molar-refractivity contribution in [2.45, 2.75) is 13.2 Å². The Bertz CT molecular complexity index is 654. The normalized spacial score (nSPS) is 10.2. The van der Waals surface area contributed by atoms with Crippen LogP contribution in [0.25, 0.3) is 0 Å². The maximum Gasteiger partial charge on any atom is 0.387 e. The molecule has 0 unspecified atom stereocenters. The predicted octanol–water partition coefficient (Wildman–Crippen LogP) is 4.43. The standard InChI is InChI=1S/C15H11ClF2N2O/c16-13-7-11(8-19)3-6-14(13)20-9-10-1-4-12(5-2-10)21-15(17)18/h1-7,15,20H,9H2. The summed E-state index contributed by atoms with van der Waals surface area (Å²) >= 11 is 6.04. The molecule has 0 aliphatic carbocycles. The molecular formula is C15H11ClF2N2O. The van der Waals surface area contributed by atoms with Crippen LogP contribution >= 0.6 is 11.6 Å². The number of ether oxygens (including phenoxy) is 1. The highest BCUT2D eigenvalue weighted by molar-refractivity contribution is 6.33. The molecule has 0 atom stereocenters. The van der Waals surface area contributed by atoms with Crippen LogP contribution in [0.15, 0.2) is 42.5 Å². The minimum absolute atomic E-state index is 0.116. The van der Waals surface area contributed by atoms with Gasteiger partial charge in [-0.1, -0.05) is 23.7 Å². The van der Waals surface area contributed by atoms with E-state index in [1.807, 2.05) is 6.07 Å². The fourth-order valence-electron chi connectivity index (χ4n) is 1.71. The SMILES string of the molecule is N#Cc1ccc(NCc2ccc(OC(F)F)cc2)c(Cl)c1. The topological polar surface area (TPSA) is 45.0 Å². The number of alkyl halides is 2. The second kappa shape index (κ2) is 6.91. The summed E-state index contributed by atoms with van der Waals surface area (Å²) in [5, 5.41) is 12.3. The highest BCUT2D eigenvalue weighted by atomic mass is 35.5. The molecule has 21 heavy (non-hydrogen) atoms. The Balaban J connectivity index is 1.98. The highest BCUT2D eigenvalue weighted by Crippen LogP contribution is 2.23. The smallest absolute Gasteiger partial charge is 0.387 e. The van der Waals surface area contributed by atoms with Gasteiger partial charge < -0.3 is 10.1 Å². The Morgan fingerprint density at radius 1 is 1.19 bits per heavy atom. The molecule has 1 N–H and O–H groups in total. The van der Waals surface area contributed by atoms with Crippen LogP contribution in [0.5, 0.6) is 5.75 Å². The fourth-order valence-corrected chi connectivity index (χ4v) is 1.96. The van der Waals surface area contributed by atoms with Crippen molar-refractivity contribution in [3.05, 3.63) is 58.6 Å². The number of halogens is 3. The van der Waals surface area contributed by atoms with Gasteiger partial charge in [-0.15, -0.1) is 0 Å². The molecule has 0 saturated carbocycles. The Hall–Kier alpha value is -2.32. The summed E-state index contributed by atoms with van der Waals surface area (Å²) < 4.78 is 28.3. The van der Waals surface area contributed by atoms with E-state index in [0.29, 0.717) is 22.8 Å². The van der Waals surface area contributed by atoms with Gasteiger partial charge in [-0.2, -0.15) is 14.0 Å². The lowest BCUT2D eigenvalue weighted by atomic mass is 10.2. The number of nitrogens with zero attached hydrogens (tertiary/aromatic N) is 1. The van der Waals surface area contributed by atoms with Gasteiger partial charge in [0.1, 0.15) is 5.75 Å². The molecule has 2 rings (SSSR count). The average Bonchev–Trinajstić information content (AvgIpc) is 2.47. The zero-order valence-electron chi connectivity index (χ0n) is 10.8. The molecule has 3 nitrogen and oxygen atoms in total. The van der Waals surface area contributed by atoms with Crippen LogP contribution in [-0.4, -0.2) is 6.61 Å². The number of benzene rings is 2. The van der Waals surface area contributed by atoms with Gasteiger partial charge in [0.2, 0.25) is 0 Å². The second-order valence-corrected chi connectivity index (χ2v) is 4.59. The molecule has 6 heteroatoms. The summed E-state index contributed by atoms with van der Waals surface area (Å²) in [4.78, 5) is 0. The van der Waals surface area contributed by atoms with Crippen molar-refractivity contribution in [2.24, 2.45) is 0 Å². The molecule has 0 radical (unpaired) electrons. The van der Waals surface area contributed by atoms with Gasteiger partial charge in [-0.25, -0.2) is 0 Å². The van der Waals surface area contributed by atoms with Crippen molar-refractivity contribution < 1.29 is 13.5 Å². The van der Waals surface area contributed by atoms with Crippen LogP contribution in [0.4, 0.5) is 14.5 Å². The van der Waals surface area contributed by atoms with E-state index in [9.17, 15) is 8.78 Å². The first-order valence-electron chi connectivity index (χ1n) is 6.06. The molecule has 0 saturated heterocycles. The third-order valence-corrected chi connectivity index (χ3v) is 3.04. The monoisotopic (exact) mass is 308 g/mol. The lowest BCUT2D eigenvalue weighted by Gasteiger charge is -2.09. The summed E-state index contributed by atoms with van der Waals surface area (Å²) in [7, 11) is 0. The summed E-state index contributed by atoms with van der Waals surface area (Å²) in [6, 6.07) is 13.3. The van der Waals surface area contributed by atoms with E-state index >= 15 is 0 Å². The highest BCUT2D eigenvalue weighted by Gasteiger charge is 2.04. The molecule has 0 bridgehead atoms. The van der Waals surface area contributed by atoms with Gasteiger partial charge in [0.15, 0.2) is 0 Å². The molecule has 0 aliphatic heterocycles. The molecule has 2 aromatic carbocycles. The van der Waals surface area contributed by atoms with Crippen LogP contribution in [0.3, 0.4) is 0 Å². The second-order valence-electron chi connectivity index (χ2n) is 4.18. The Morgan fingerprint density at radius 2 is 1.90 bits per heavy atom. The van der Waals surface area contributed by atoms with E-state index in [1.54, 1.807) is 30.3 Å². The number of nitriles is 1. The average molecular weight is 309 g/mol. The third-order valence-electron chi connectivity index (χ3n) is 2.73. The first kappa shape index (κ1) is 15.1. The molecule has 0 fully saturated rings. The summed E-state index contributed by atoms with van der Waals surface area (Å²) in [6.07, 6.45) is 0. The zero-order chi connectivity index (χ0) is 15.2. The van der Waals surface area contributed by atoms with Crippen LogP contribution in [0, 0.1) is 11.3 Å². The summed E-state index contributed by atoms with van der Waals surface area (Å²) in [6.45, 7) is -2.35. The van der Waals surface area contributed by atoms with Crippen LogP contribution < -0.4 is 10.1 Å². The molecule has 0 amide bonds. The van der Waals surface area contributed by atoms with E-state index in [4.69, 9.17) is 16.9 Å². The third kappa shape index (κ3) is 4.33. The number of hydrogen-bond donors (Lipinski definition) is 1. The van der Waals surface area contributed by atoms with Crippen LogP contribution in [0.2, 0.25) is 5.02 Å². The van der Waals surface area contributed by atoms with Gasteiger partial charge in [0, 0.05) is 6.54 Å². The Labute approximate surface area is 125 Å². The zero-order valence-corrected chi connectivity index (χ0v) is 11.6. The predicted molar refractivity (Wildman–Crippen MR) is 76.6 cm³/mol. The first-order chi connectivity index (χ1) is 10.1. The van der Waals surface area contributed by atoms with Gasteiger partial charge in [0.25, 0.3) is 0 Å². The molecular weight excluding hydrogens is 298 g/mol. The molecule has 0 aromatic heterocycles. The van der Waals surface area contributed by atoms with Gasteiger partial charge in [0.05, 0.1) is 22.3 Å². The summed E-state index contributed by atoms with van der Waals surface area (Å²) in [5.41, 5.74) is 2.07. The van der Waals surface area contributed by atoms with Gasteiger partial charge in [-0.05, 0) is 35.9 Å². The maximum atomic E-state index is 12.0. The van der Waals surface area contributed by atoms with Crippen molar-refractivity contribution in [3.63, 3.8) is 0 Å². The minimum atomic E-state index is -2.83. The minimum Gasteiger partial charge on any atom is -0.435 e. The maximum absolute atomic E-state index is 12.0. The van der Waals surface area contributed by atoms with Gasteiger partial charge >= 0.3 is 6.61 Å². The van der Waals surface area contributed by atoms with Crippen LogP contribution in [0.1, 0.15) is 11.1 Å². The van der Waals surface area contributed by atoms with Crippen molar-refractivity contribution >= 4 is 17.3 Å². The number of anilines is 1. The van der Waals surface area contributed by atoms with Crippen molar-refractivity contribution in [2.75, 3.05) is 5.32 Å². The lowest BCUT2D eigenvalue weighted by Crippen LogP contribution is -2.03. The van der Waals surface area contributed by atoms with Crippen molar-refractivity contribution in [1.82, 2.24) is 0 Å².